The first kappa shape index (κ1) is 13.0. The van der Waals surface area contributed by atoms with Gasteiger partial charge in [0.25, 0.3) is 0 Å². The number of halogens is 3. The standard InChI is InChI=1S/C12H8F3N3O/c13-12(14,15)10-3-1-2-8(6-10)11(18-19)9-4-5-16-17-7-9/h1-7,19H/b18-11+. The van der Waals surface area contributed by atoms with Crippen LogP contribution in [0.4, 0.5) is 13.2 Å². The van der Waals surface area contributed by atoms with Gasteiger partial charge in [0.05, 0.1) is 18.0 Å². The molecule has 0 unspecified atom stereocenters. The summed E-state index contributed by atoms with van der Waals surface area (Å²) >= 11 is 0. The smallest absolute Gasteiger partial charge is 0.410 e. The maximum absolute atomic E-state index is 12.6. The molecule has 0 aliphatic rings. The maximum Gasteiger partial charge on any atom is 0.416 e. The van der Waals surface area contributed by atoms with Gasteiger partial charge in [-0.2, -0.15) is 23.4 Å². The minimum atomic E-state index is -4.45. The van der Waals surface area contributed by atoms with Gasteiger partial charge >= 0.3 is 6.18 Å². The minimum Gasteiger partial charge on any atom is -0.410 e. The van der Waals surface area contributed by atoms with Crippen LogP contribution >= 0.6 is 0 Å². The van der Waals surface area contributed by atoms with Gasteiger partial charge in [-0.15, -0.1) is 0 Å². The van der Waals surface area contributed by atoms with E-state index in [1.807, 2.05) is 0 Å². The van der Waals surface area contributed by atoms with Crippen LogP contribution < -0.4 is 0 Å². The van der Waals surface area contributed by atoms with Gasteiger partial charge in [0, 0.05) is 11.1 Å². The molecule has 0 saturated heterocycles. The van der Waals surface area contributed by atoms with Crippen LogP contribution in [0.3, 0.4) is 0 Å². The van der Waals surface area contributed by atoms with E-state index in [1.165, 1.54) is 30.6 Å². The third-order valence-electron chi connectivity index (χ3n) is 2.42. The fourth-order valence-electron chi connectivity index (χ4n) is 1.56. The molecule has 1 N–H and O–H groups in total. The quantitative estimate of drug-likeness (QED) is 0.517. The Labute approximate surface area is 106 Å². The van der Waals surface area contributed by atoms with Gasteiger partial charge in [0.2, 0.25) is 0 Å². The highest BCUT2D eigenvalue weighted by Gasteiger charge is 2.30. The minimum absolute atomic E-state index is 0.000926. The highest BCUT2D eigenvalue weighted by Crippen LogP contribution is 2.30. The van der Waals surface area contributed by atoms with E-state index < -0.39 is 11.7 Å². The van der Waals surface area contributed by atoms with Gasteiger partial charge in [0.15, 0.2) is 0 Å². The van der Waals surface area contributed by atoms with Crippen molar-refractivity contribution in [1.29, 1.82) is 0 Å². The summed E-state index contributed by atoms with van der Waals surface area (Å²) in [6.45, 7) is 0. The molecular weight excluding hydrogens is 259 g/mol. The molecule has 0 fully saturated rings. The Bertz CT molecular complexity index is 597. The summed E-state index contributed by atoms with van der Waals surface area (Å²) < 4.78 is 37.8. The SMILES string of the molecule is O/N=C(/c1ccnnc1)c1cccc(C(F)(F)F)c1. The fourth-order valence-corrected chi connectivity index (χ4v) is 1.56. The second-order valence-electron chi connectivity index (χ2n) is 3.66. The first-order valence-corrected chi connectivity index (χ1v) is 5.19. The summed E-state index contributed by atoms with van der Waals surface area (Å²) in [7, 11) is 0. The normalized spacial score (nSPS) is 12.5. The predicted molar refractivity (Wildman–Crippen MR) is 60.9 cm³/mol. The van der Waals surface area contributed by atoms with E-state index in [2.05, 4.69) is 15.4 Å². The van der Waals surface area contributed by atoms with E-state index in [0.717, 1.165) is 12.1 Å². The molecule has 0 amide bonds. The van der Waals surface area contributed by atoms with Crippen LogP contribution in [0.15, 0.2) is 47.9 Å². The highest BCUT2D eigenvalue weighted by atomic mass is 19.4. The average molecular weight is 267 g/mol. The molecule has 0 saturated carbocycles. The third-order valence-corrected chi connectivity index (χ3v) is 2.42. The summed E-state index contributed by atoms with van der Waals surface area (Å²) in [6, 6.07) is 6.02. The summed E-state index contributed by atoms with van der Waals surface area (Å²) in [5, 5.41) is 19.2. The van der Waals surface area contributed by atoms with E-state index in [0.29, 0.717) is 5.56 Å². The van der Waals surface area contributed by atoms with Gasteiger partial charge in [-0.05, 0) is 18.2 Å². The summed E-state index contributed by atoms with van der Waals surface area (Å²) in [5.74, 6) is 0. The molecule has 0 radical (unpaired) electrons. The largest absolute Gasteiger partial charge is 0.416 e. The number of aromatic nitrogens is 2. The van der Waals surface area contributed by atoms with Crippen LogP contribution in [0.1, 0.15) is 16.7 Å². The molecule has 0 spiro atoms. The lowest BCUT2D eigenvalue weighted by atomic mass is 10.0. The lowest BCUT2D eigenvalue weighted by Gasteiger charge is -2.09. The molecule has 98 valence electrons. The molecule has 0 atom stereocenters. The molecule has 2 aromatic rings. The van der Waals surface area contributed by atoms with Gasteiger partial charge in [-0.1, -0.05) is 17.3 Å². The summed E-state index contributed by atoms with van der Waals surface area (Å²) in [6.07, 6.45) is -1.80. The molecule has 2 rings (SSSR count). The Hall–Kier alpha value is -2.44. The number of oxime groups is 1. The highest BCUT2D eigenvalue weighted by molar-refractivity contribution is 6.12. The molecule has 1 aromatic carbocycles. The molecule has 19 heavy (non-hydrogen) atoms. The van der Waals surface area contributed by atoms with Crippen molar-refractivity contribution in [1.82, 2.24) is 10.2 Å². The Kier molecular flexibility index (Phi) is 3.46. The number of benzene rings is 1. The zero-order chi connectivity index (χ0) is 13.9. The Morgan fingerprint density at radius 2 is 1.89 bits per heavy atom. The Balaban J connectivity index is 2.47. The molecule has 7 heteroatoms. The second kappa shape index (κ2) is 5.05. The molecule has 0 aliphatic carbocycles. The van der Waals surface area contributed by atoms with Crippen LogP contribution in [-0.4, -0.2) is 21.1 Å². The van der Waals surface area contributed by atoms with Crippen LogP contribution in [0.25, 0.3) is 0 Å². The summed E-state index contributed by atoms with van der Waals surface area (Å²) in [5.41, 5.74) is -0.295. The topological polar surface area (TPSA) is 58.4 Å². The summed E-state index contributed by atoms with van der Waals surface area (Å²) in [4.78, 5) is 0. The number of hydrogen-bond donors (Lipinski definition) is 1. The second-order valence-corrected chi connectivity index (χ2v) is 3.66. The molecule has 0 bridgehead atoms. The van der Waals surface area contributed by atoms with Crippen molar-refractivity contribution < 1.29 is 18.4 Å². The first-order valence-electron chi connectivity index (χ1n) is 5.19. The lowest BCUT2D eigenvalue weighted by Crippen LogP contribution is -2.09. The predicted octanol–water partition coefficient (Wildman–Crippen LogP) is 2.72. The van der Waals surface area contributed by atoms with Crippen LogP contribution in [0.5, 0.6) is 0 Å². The van der Waals surface area contributed by atoms with Gasteiger partial charge in [0.1, 0.15) is 5.71 Å². The van der Waals surface area contributed by atoms with Crippen molar-refractivity contribution >= 4 is 5.71 Å². The molecule has 0 aliphatic heterocycles. The monoisotopic (exact) mass is 267 g/mol. The number of nitrogens with zero attached hydrogens (tertiary/aromatic N) is 3. The van der Waals surface area contributed by atoms with Crippen LogP contribution in [0.2, 0.25) is 0 Å². The number of alkyl halides is 3. The lowest BCUT2D eigenvalue weighted by molar-refractivity contribution is -0.137. The van der Waals surface area contributed by atoms with Gasteiger partial charge < -0.3 is 5.21 Å². The van der Waals surface area contributed by atoms with Crippen molar-refractivity contribution in [2.24, 2.45) is 5.16 Å². The van der Waals surface area contributed by atoms with Gasteiger partial charge in [-0.25, -0.2) is 0 Å². The van der Waals surface area contributed by atoms with E-state index in [-0.39, 0.29) is 11.3 Å². The third kappa shape index (κ3) is 2.87. The Morgan fingerprint density at radius 1 is 1.11 bits per heavy atom. The van der Waals surface area contributed by atoms with Crippen molar-refractivity contribution in [3.8, 4) is 0 Å². The zero-order valence-electron chi connectivity index (χ0n) is 9.46. The maximum atomic E-state index is 12.6. The van der Waals surface area contributed by atoms with Crippen LogP contribution in [0, 0.1) is 0 Å². The van der Waals surface area contributed by atoms with E-state index in [4.69, 9.17) is 5.21 Å². The molecular formula is C12H8F3N3O. The number of hydrogen-bond acceptors (Lipinski definition) is 4. The van der Waals surface area contributed by atoms with Crippen molar-refractivity contribution in [2.45, 2.75) is 6.18 Å². The Morgan fingerprint density at radius 3 is 2.47 bits per heavy atom. The zero-order valence-corrected chi connectivity index (χ0v) is 9.46. The van der Waals surface area contributed by atoms with Crippen molar-refractivity contribution in [2.75, 3.05) is 0 Å². The van der Waals surface area contributed by atoms with E-state index >= 15 is 0 Å². The van der Waals surface area contributed by atoms with Crippen molar-refractivity contribution in [3.63, 3.8) is 0 Å². The number of rotatable bonds is 2. The van der Waals surface area contributed by atoms with Crippen LogP contribution in [-0.2, 0) is 6.18 Å². The van der Waals surface area contributed by atoms with E-state index in [9.17, 15) is 13.2 Å². The van der Waals surface area contributed by atoms with E-state index in [1.54, 1.807) is 0 Å². The van der Waals surface area contributed by atoms with Gasteiger partial charge in [-0.3, -0.25) is 0 Å². The van der Waals surface area contributed by atoms with Crippen molar-refractivity contribution in [3.05, 3.63) is 59.4 Å². The molecule has 4 nitrogen and oxygen atoms in total. The average Bonchev–Trinajstić information content (AvgIpc) is 2.40. The molecule has 1 aromatic heterocycles. The molecule has 1 heterocycles. The first-order chi connectivity index (χ1) is 9.02. The fraction of sp³-hybridized carbons (Fsp3) is 0.0833.